The molecule has 6 nitrogen and oxygen atoms in total. The van der Waals surface area contributed by atoms with E-state index in [1.165, 1.54) is 18.2 Å². The average molecular weight is 486 g/mol. The molecule has 0 saturated heterocycles. The van der Waals surface area contributed by atoms with Crippen molar-refractivity contribution in [1.82, 2.24) is 9.78 Å². The van der Waals surface area contributed by atoms with E-state index in [0.29, 0.717) is 30.3 Å². The average Bonchev–Trinajstić information content (AvgIpc) is 3.15. The lowest BCUT2D eigenvalue weighted by Gasteiger charge is -2.11. The van der Waals surface area contributed by atoms with Gasteiger partial charge in [0.2, 0.25) is 5.91 Å². The number of anilines is 1. The maximum Gasteiger partial charge on any atom is 0.248 e. The van der Waals surface area contributed by atoms with Crippen molar-refractivity contribution < 1.29 is 18.7 Å². The van der Waals surface area contributed by atoms with Crippen molar-refractivity contribution in [2.45, 2.75) is 27.0 Å². The van der Waals surface area contributed by atoms with E-state index in [9.17, 15) is 9.18 Å². The molecule has 0 spiro atoms. The van der Waals surface area contributed by atoms with Crippen molar-refractivity contribution in [3.05, 3.63) is 113 Å². The fourth-order valence-corrected chi connectivity index (χ4v) is 3.82. The van der Waals surface area contributed by atoms with Crippen LogP contribution in [0.5, 0.6) is 11.5 Å². The lowest BCUT2D eigenvalue weighted by atomic mass is 10.1. The molecule has 1 aromatic heterocycles. The number of rotatable bonds is 9. The van der Waals surface area contributed by atoms with Crippen LogP contribution in [-0.4, -0.2) is 22.8 Å². The van der Waals surface area contributed by atoms with E-state index in [1.54, 1.807) is 30.0 Å². The maximum atomic E-state index is 13.2. The van der Waals surface area contributed by atoms with Gasteiger partial charge in [0, 0.05) is 11.6 Å². The number of benzene rings is 3. The van der Waals surface area contributed by atoms with E-state index >= 15 is 0 Å². The van der Waals surface area contributed by atoms with Gasteiger partial charge in [-0.15, -0.1) is 0 Å². The van der Waals surface area contributed by atoms with Crippen LogP contribution in [0.1, 0.15) is 28.1 Å². The zero-order valence-electron chi connectivity index (χ0n) is 20.5. The Kier molecular flexibility index (Phi) is 7.80. The first-order valence-corrected chi connectivity index (χ1v) is 11.5. The number of hydrogen-bond donors (Lipinski definition) is 1. The topological polar surface area (TPSA) is 65.4 Å². The van der Waals surface area contributed by atoms with E-state index in [1.807, 2.05) is 62.4 Å². The number of para-hydroxylation sites is 1. The van der Waals surface area contributed by atoms with E-state index in [4.69, 9.17) is 9.47 Å². The molecule has 0 bridgehead atoms. The van der Waals surface area contributed by atoms with Gasteiger partial charge >= 0.3 is 0 Å². The first-order chi connectivity index (χ1) is 17.4. The summed E-state index contributed by atoms with van der Waals surface area (Å²) in [6, 6.07) is 21.5. The maximum absolute atomic E-state index is 13.2. The predicted molar refractivity (Wildman–Crippen MR) is 139 cm³/mol. The van der Waals surface area contributed by atoms with Crippen molar-refractivity contribution in [2.24, 2.45) is 0 Å². The van der Waals surface area contributed by atoms with E-state index in [0.717, 1.165) is 28.1 Å². The normalized spacial score (nSPS) is 11.0. The van der Waals surface area contributed by atoms with Crippen LogP contribution in [0.25, 0.3) is 6.08 Å². The molecule has 0 atom stereocenters. The third-order valence-electron chi connectivity index (χ3n) is 5.74. The molecular weight excluding hydrogens is 457 g/mol. The van der Waals surface area contributed by atoms with Crippen LogP contribution in [0, 0.1) is 19.7 Å². The molecule has 0 saturated carbocycles. The summed E-state index contributed by atoms with van der Waals surface area (Å²) in [4.78, 5) is 12.7. The van der Waals surface area contributed by atoms with Gasteiger partial charge in [-0.3, -0.25) is 9.48 Å². The number of aromatic nitrogens is 2. The minimum atomic E-state index is -0.278. The minimum Gasteiger partial charge on any atom is -0.496 e. The molecule has 7 heteroatoms. The van der Waals surface area contributed by atoms with Crippen LogP contribution in [0.3, 0.4) is 0 Å². The second-order valence-corrected chi connectivity index (χ2v) is 8.33. The van der Waals surface area contributed by atoms with Crippen LogP contribution in [0.4, 0.5) is 10.1 Å². The predicted octanol–water partition coefficient (Wildman–Crippen LogP) is 5.93. The molecule has 0 unspecified atom stereocenters. The molecule has 0 radical (unpaired) electrons. The summed E-state index contributed by atoms with van der Waals surface area (Å²) >= 11 is 0. The van der Waals surface area contributed by atoms with Crippen molar-refractivity contribution in [3.63, 3.8) is 0 Å². The number of methoxy groups -OCH3 is 1. The summed E-state index contributed by atoms with van der Waals surface area (Å²) < 4.78 is 26.3. The fourth-order valence-electron chi connectivity index (χ4n) is 3.82. The summed E-state index contributed by atoms with van der Waals surface area (Å²) in [6.07, 6.45) is 3.23. The van der Waals surface area contributed by atoms with E-state index < -0.39 is 0 Å². The Morgan fingerprint density at radius 2 is 1.81 bits per heavy atom. The molecule has 4 aromatic rings. The molecule has 1 amide bonds. The Hall–Kier alpha value is -4.39. The number of aryl methyl sites for hydroxylation is 1. The van der Waals surface area contributed by atoms with Crippen molar-refractivity contribution in [3.8, 4) is 11.5 Å². The fraction of sp³-hybridized carbons (Fsp3) is 0.172. The highest BCUT2D eigenvalue weighted by Gasteiger charge is 2.14. The highest BCUT2D eigenvalue weighted by Crippen LogP contribution is 2.24. The van der Waals surface area contributed by atoms with Gasteiger partial charge in [-0.1, -0.05) is 36.4 Å². The summed E-state index contributed by atoms with van der Waals surface area (Å²) in [5, 5.41) is 7.46. The number of halogens is 1. The molecular formula is C29H28FN3O3. The molecule has 36 heavy (non-hydrogen) atoms. The first-order valence-electron chi connectivity index (χ1n) is 11.5. The first kappa shape index (κ1) is 24.7. The molecule has 0 aliphatic heterocycles. The molecule has 1 N–H and O–H groups in total. The lowest BCUT2D eigenvalue weighted by Crippen LogP contribution is -2.10. The molecule has 0 aliphatic carbocycles. The van der Waals surface area contributed by atoms with Crippen LogP contribution in [0.2, 0.25) is 0 Å². The monoisotopic (exact) mass is 485 g/mol. The van der Waals surface area contributed by atoms with Crippen molar-refractivity contribution >= 4 is 17.7 Å². The zero-order valence-corrected chi connectivity index (χ0v) is 20.5. The van der Waals surface area contributed by atoms with E-state index in [2.05, 4.69) is 10.4 Å². The minimum absolute atomic E-state index is 0.263. The largest absolute Gasteiger partial charge is 0.496 e. The third-order valence-corrected chi connectivity index (χ3v) is 5.74. The Labute approximate surface area is 210 Å². The van der Waals surface area contributed by atoms with Crippen LogP contribution in [0.15, 0.2) is 78.9 Å². The number of hydrogen-bond acceptors (Lipinski definition) is 4. The zero-order chi connectivity index (χ0) is 25.5. The second kappa shape index (κ2) is 11.4. The van der Waals surface area contributed by atoms with Gasteiger partial charge in [0.05, 0.1) is 30.7 Å². The second-order valence-electron chi connectivity index (χ2n) is 8.33. The van der Waals surface area contributed by atoms with E-state index in [-0.39, 0.29) is 11.7 Å². The van der Waals surface area contributed by atoms with Gasteiger partial charge in [0.1, 0.15) is 23.9 Å². The Morgan fingerprint density at radius 3 is 2.53 bits per heavy atom. The highest BCUT2D eigenvalue weighted by atomic mass is 19.1. The molecule has 184 valence electrons. The van der Waals surface area contributed by atoms with Crippen LogP contribution < -0.4 is 14.8 Å². The van der Waals surface area contributed by atoms with Crippen LogP contribution >= 0.6 is 0 Å². The lowest BCUT2D eigenvalue weighted by molar-refractivity contribution is -0.111. The molecule has 0 fully saturated rings. The number of carbonyl (C=O) groups excluding carboxylic acids is 1. The highest BCUT2D eigenvalue weighted by molar-refractivity contribution is 6.02. The Bertz CT molecular complexity index is 1360. The van der Waals surface area contributed by atoms with Gasteiger partial charge in [-0.25, -0.2) is 4.39 Å². The molecule has 4 rings (SSSR count). The Morgan fingerprint density at radius 1 is 1.06 bits per heavy atom. The molecule has 0 aliphatic rings. The quantitative estimate of drug-likeness (QED) is 0.299. The summed E-state index contributed by atoms with van der Waals surface area (Å²) in [6.45, 7) is 4.56. The number of ether oxygens (including phenoxy) is 2. The molecule has 1 heterocycles. The third kappa shape index (κ3) is 6.18. The van der Waals surface area contributed by atoms with Crippen LogP contribution in [-0.2, 0) is 17.9 Å². The molecule has 3 aromatic carbocycles. The van der Waals surface area contributed by atoms with Gasteiger partial charge in [-0.05, 0) is 67.4 Å². The van der Waals surface area contributed by atoms with Gasteiger partial charge < -0.3 is 14.8 Å². The smallest absolute Gasteiger partial charge is 0.248 e. The number of carbonyl (C=O) groups is 1. The van der Waals surface area contributed by atoms with Crippen molar-refractivity contribution in [1.29, 1.82) is 0 Å². The van der Waals surface area contributed by atoms with Gasteiger partial charge in [-0.2, -0.15) is 5.10 Å². The SMILES string of the molecule is COc1ccc(/C=C/C(=O)Nc2c(C)nn(Cc3ccc(F)cc3)c2C)cc1COc1ccccc1. The standard InChI is InChI=1S/C29H28FN3O3/c1-20-29(21(2)33(32-20)18-23-9-13-25(30)14-10-23)31-28(34)16-12-22-11-15-27(35-3)24(17-22)19-36-26-7-5-4-6-8-26/h4-17H,18-19H2,1-3H3,(H,31,34)/b16-12+. The summed E-state index contributed by atoms with van der Waals surface area (Å²) in [5.41, 5.74) is 4.84. The number of amides is 1. The van der Waals surface area contributed by atoms with Crippen molar-refractivity contribution in [2.75, 3.05) is 12.4 Å². The number of nitrogens with zero attached hydrogens (tertiary/aromatic N) is 2. The summed E-state index contributed by atoms with van der Waals surface area (Å²) in [7, 11) is 1.62. The Balaban J connectivity index is 1.43. The van der Waals surface area contributed by atoms with Gasteiger partial charge in [0.25, 0.3) is 0 Å². The summed E-state index contributed by atoms with van der Waals surface area (Å²) in [5.74, 6) is 0.943. The number of nitrogens with one attached hydrogen (secondary N) is 1. The van der Waals surface area contributed by atoms with Gasteiger partial charge in [0.15, 0.2) is 0 Å².